The van der Waals surface area contributed by atoms with Crippen LogP contribution in [-0.4, -0.2) is 12.1 Å². The summed E-state index contributed by atoms with van der Waals surface area (Å²) in [6.07, 6.45) is 0. The lowest BCUT2D eigenvalue weighted by Crippen LogP contribution is -2.33. The lowest BCUT2D eigenvalue weighted by atomic mass is 9.98. The third-order valence-electron chi connectivity index (χ3n) is 5.15. The average Bonchev–Trinajstić information content (AvgIpc) is 2.94. The van der Waals surface area contributed by atoms with Crippen molar-refractivity contribution >= 4 is 40.6 Å². The van der Waals surface area contributed by atoms with Crippen molar-refractivity contribution in [2.24, 2.45) is 0 Å². The molecule has 5 heteroatoms. The number of benzene rings is 3. The van der Waals surface area contributed by atoms with Gasteiger partial charge in [0.25, 0.3) is 0 Å². The van der Waals surface area contributed by atoms with E-state index >= 15 is 0 Å². The lowest BCUT2D eigenvalue weighted by molar-refractivity contribution is 0.255. The van der Waals surface area contributed by atoms with Crippen molar-refractivity contribution in [1.29, 1.82) is 0 Å². The Morgan fingerprint density at radius 1 is 0.786 bits per heavy atom. The van der Waals surface area contributed by atoms with Crippen LogP contribution in [-0.2, 0) is 0 Å². The van der Waals surface area contributed by atoms with Crippen LogP contribution in [0.1, 0.15) is 24.1 Å². The molecule has 1 saturated heterocycles. The summed E-state index contributed by atoms with van der Waals surface area (Å²) in [4.78, 5) is 17.2. The van der Waals surface area contributed by atoms with Crippen LogP contribution in [0.2, 0.25) is 10.0 Å². The van der Waals surface area contributed by atoms with E-state index in [-0.39, 0.29) is 18.1 Å². The van der Waals surface area contributed by atoms with E-state index in [4.69, 9.17) is 23.2 Å². The number of carbonyl (C=O) groups is 1. The highest BCUT2D eigenvalue weighted by molar-refractivity contribution is 6.31. The van der Waals surface area contributed by atoms with Gasteiger partial charge in [0.05, 0.1) is 12.1 Å². The summed E-state index contributed by atoms with van der Waals surface area (Å²) in [5.74, 6) is 0. The van der Waals surface area contributed by atoms with Gasteiger partial charge in [0.1, 0.15) is 0 Å². The SMILES string of the molecule is Cc1cccc([C@@H]2[C@@H](C)N(c3ccc(Cl)cc3)C(=O)N2c2ccc(Cl)cc2)c1. The third kappa shape index (κ3) is 3.36. The molecule has 2 atom stereocenters. The molecule has 4 rings (SSSR count). The van der Waals surface area contributed by atoms with Crippen LogP contribution in [0.15, 0.2) is 72.8 Å². The monoisotopic (exact) mass is 410 g/mol. The smallest absolute Gasteiger partial charge is 0.289 e. The Bertz CT molecular complexity index is 1000. The number of carbonyl (C=O) groups excluding carboxylic acids is 1. The van der Waals surface area contributed by atoms with Crippen LogP contribution in [0, 0.1) is 6.92 Å². The number of anilines is 2. The van der Waals surface area contributed by atoms with Gasteiger partial charge in [-0.2, -0.15) is 0 Å². The topological polar surface area (TPSA) is 23.6 Å². The maximum atomic E-state index is 13.5. The first-order valence-electron chi connectivity index (χ1n) is 9.16. The van der Waals surface area contributed by atoms with Crippen molar-refractivity contribution in [2.75, 3.05) is 9.80 Å². The van der Waals surface area contributed by atoms with E-state index in [0.717, 1.165) is 22.5 Å². The highest BCUT2D eigenvalue weighted by Gasteiger charge is 2.45. The van der Waals surface area contributed by atoms with Crippen molar-refractivity contribution in [3.05, 3.63) is 94.0 Å². The van der Waals surface area contributed by atoms with Crippen LogP contribution < -0.4 is 9.80 Å². The molecule has 3 nitrogen and oxygen atoms in total. The van der Waals surface area contributed by atoms with Gasteiger partial charge in [-0.25, -0.2) is 4.79 Å². The minimum atomic E-state index is -0.121. The molecule has 0 N–H and O–H groups in total. The first kappa shape index (κ1) is 18.9. The lowest BCUT2D eigenvalue weighted by Gasteiger charge is -2.26. The largest absolute Gasteiger partial charge is 0.329 e. The molecule has 142 valence electrons. The molecule has 3 aromatic carbocycles. The highest BCUT2D eigenvalue weighted by Crippen LogP contribution is 2.41. The number of urea groups is 1. The summed E-state index contributed by atoms with van der Waals surface area (Å²) < 4.78 is 0. The van der Waals surface area contributed by atoms with E-state index in [1.165, 1.54) is 0 Å². The van der Waals surface area contributed by atoms with E-state index in [1.54, 1.807) is 0 Å². The van der Waals surface area contributed by atoms with Crippen molar-refractivity contribution in [3.8, 4) is 0 Å². The normalized spacial score (nSPS) is 19.4. The molecule has 1 fully saturated rings. The second-order valence-corrected chi connectivity index (χ2v) is 7.95. The first-order valence-corrected chi connectivity index (χ1v) is 9.91. The second-order valence-electron chi connectivity index (χ2n) is 7.07. The summed E-state index contributed by atoms with van der Waals surface area (Å²) in [6, 6.07) is 22.9. The van der Waals surface area contributed by atoms with Gasteiger partial charge in [-0.1, -0.05) is 53.0 Å². The van der Waals surface area contributed by atoms with Crippen LogP contribution >= 0.6 is 23.2 Å². The molecule has 0 aliphatic carbocycles. The van der Waals surface area contributed by atoms with Crippen LogP contribution in [0.25, 0.3) is 0 Å². The van der Waals surface area contributed by atoms with E-state index in [0.29, 0.717) is 10.0 Å². The van der Waals surface area contributed by atoms with Crippen LogP contribution in [0.4, 0.5) is 16.2 Å². The Balaban J connectivity index is 1.83. The van der Waals surface area contributed by atoms with Gasteiger partial charge in [0, 0.05) is 21.4 Å². The molecule has 0 spiro atoms. The molecular formula is C23H20Cl2N2O. The summed E-state index contributed by atoms with van der Waals surface area (Å²) >= 11 is 12.1. The maximum Gasteiger partial charge on any atom is 0.329 e. The van der Waals surface area contributed by atoms with Crippen molar-refractivity contribution in [3.63, 3.8) is 0 Å². The molecule has 0 saturated carbocycles. The molecule has 28 heavy (non-hydrogen) atoms. The quantitative estimate of drug-likeness (QED) is 0.461. The number of halogens is 2. The van der Waals surface area contributed by atoms with Gasteiger partial charge in [-0.15, -0.1) is 0 Å². The Morgan fingerprint density at radius 3 is 1.86 bits per heavy atom. The summed E-state index contributed by atoms with van der Waals surface area (Å²) in [6.45, 7) is 4.14. The number of nitrogens with zero attached hydrogens (tertiary/aromatic N) is 2. The van der Waals surface area contributed by atoms with E-state index in [1.807, 2.05) is 64.4 Å². The fraction of sp³-hybridized carbons (Fsp3) is 0.174. The minimum Gasteiger partial charge on any atom is -0.289 e. The van der Waals surface area contributed by atoms with Gasteiger partial charge in [0.2, 0.25) is 0 Å². The van der Waals surface area contributed by atoms with Gasteiger partial charge >= 0.3 is 6.03 Å². The van der Waals surface area contributed by atoms with Crippen LogP contribution in [0.5, 0.6) is 0 Å². The Morgan fingerprint density at radius 2 is 1.32 bits per heavy atom. The summed E-state index contributed by atoms with van der Waals surface area (Å²) in [7, 11) is 0. The first-order chi connectivity index (χ1) is 13.5. The molecule has 3 aromatic rings. The van der Waals surface area contributed by atoms with Gasteiger partial charge in [-0.3, -0.25) is 9.80 Å². The Kier molecular flexibility index (Phi) is 5.05. The van der Waals surface area contributed by atoms with E-state index < -0.39 is 0 Å². The van der Waals surface area contributed by atoms with Gasteiger partial charge in [-0.05, 0) is 67.9 Å². The molecule has 0 radical (unpaired) electrons. The maximum absolute atomic E-state index is 13.5. The second kappa shape index (κ2) is 7.50. The minimum absolute atomic E-state index is 0.0637. The predicted octanol–water partition coefficient (Wildman–Crippen LogP) is 6.88. The fourth-order valence-corrected chi connectivity index (χ4v) is 4.12. The molecular weight excluding hydrogens is 391 g/mol. The average molecular weight is 411 g/mol. The number of hydrogen-bond donors (Lipinski definition) is 0. The zero-order valence-electron chi connectivity index (χ0n) is 15.6. The molecule has 1 aliphatic heterocycles. The predicted molar refractivity (Wildman–Crippen MR) is 117 cm³/mol. The number of hydrogen-bond acceptors (Lipinski definition) is 1. The van der Waals surface area contributed by atoms with E-state index in [2.05, 4.69) is 32.0 Å². The molecule has 0 unspecified atom stereocenters. The standard InChI is InChI=1S/C23H20Cl2N2O/c1-15-4-3-5-17(14-15)22-16(2)26(20-10-6-18(24)7-11-20)23(28)27(22)21-12-8-19(25)9-13-21/h3-14,16,22H,1-2H3/t16-,22+/m1/s1. The highest BCUT2D eigenvalue weighted by atomic mass is 35.5. The van der Waals surface area contributed by atoms with Crippen molar-refractivity contribution in [2.45, 2.75) is 25.9 Å². The zero-order valence-corrected chi connectivity index (χ0v) is 17.2. The molecule has 0 aromatic heterocycles. The zero-order chi connectivity index (χ0) is 19.8. The Hall–Kier alpha value is -2.49. The molecule has 2 amide bonds. The Labute approximate surface area is 175 Å². The summed E-state index contributed by atoms with van der Waals surface area (Å²) in [5, 5.41) is 1.29. The van der Waals surface area contributed by atoms with E-state index in [9.17, 15) is 4.79 Å². The number of rotatable bonds is 3. The van der Waals surface area contributed by atoms with Gasteiger partial charge in [0.15, 0.2) is 0 Å². The molecule has 1 aliphatic rings. The number of amides is 2. The summed E-state index contributed by atoms with van der Waals surface area (Å²) in [5.41, 5.74) is 3.92. The van der Waals surface area contributed by atoms with Crippen LogP contribution in [0.3, 0.4) is 0 Å². The molecule has 0 bridgehead atoms. The fourth-order valence-electron chi connectivity index (χ4n) is 3.87. The molecule has 1 heterocycles. The van der Waals surface area contributed by atoms with Crippen molar-refractivity contribution in [1.82, 2.24) is 0 Å². The van der Waals surface area contributed by atoms with Gasteiger partial charge < -0.3 is 0 Å². The third-order valence-corrected chi connectivity index (χ3v) is 5.65. The number of aryl methyl sites for hydroxylation is 1. The van der Waals surface area contributed by atoms with Crippen molar-refractivity contribution < 1.29 is 4.79 Å².